The number of rotatable bonds is 9. The Bertz CT molecular complexity index is 785. The van der Waals surface area contributed by atoms with Crippen molar-refractivity contribution in [3.63, 3.8) is 0 Å². The maximum atomic E-state index is 13.1. The summed E-state index contributed by atoms with van der Waals surface area (Å²) < 4.78 is 16.2. The number of morpholine rings is 1. The standard InChI is InChI=1S/C23H35N3O5S/c1-16(2)22(28)26-18(21(27)24-8-5-9-25-10-12-31-13-11-25)15-32-23(26)17-6-7-19(29-3)20(14-17)30-4/h6-7,14,16,18,23H,5,8-13,15H2,1-4H3,(H,24,27). The van der Waals surface area contributed by atoms with Gasteiger partial charge in [0.25, 0.3) is 0 Å². The first-order valence-electron chi connectivity index (χ1n) is 11.2. The van der Waals surface area contributed by atoms with E-state index in [-0.39, 0.29) is 23.1 Å². The number of carbonyl (C=O) groups is 2. The quantitative estimate of drug-likeness (QED) is 0.560. The molecule has 178 valence electrons. The van der Waals surface area contributed by atoms with Crippen LogP contribution >= 0.6 is 11.8 Å². The van der Waals surface area contributed by atoms with Gasteiger partial charge in [-0.15, -0.1) is 11.8 Å². The smallest absolute Gasteiger partial charge is 0.243 e. The van der Waals surface area contributed by atoms with Crippen molar-refractivity contribution in [2.45, 2.75) is 31.7 Å². The van der Waals surface area contributed by atoms with Crippen LogP contribution in [0.2, 0.25) is 0 Å². The number of amides is 2. The Labute approximate surface area is 194 Å². The van der Waals surface area contributed by atoms with Crippen molar-refractivity contribution in [2.75, 3.05) is 59.4 Å². The highest BCUT2D eigenvalue weighted by Gasteiger charge is 2.43. The lowest BCUT2D eigenvalue weighted by Crippen LogP contribution is -2.49. The SMILES string of the molecule is COc1ccc(C2SCC(C(=O)NCCCN3CCOCC3)N2C(=O)C(C)C)cc1OC. The zero-order valence-electron chi connectivity index (χ0n) is 19.5. The Hall–Kier alpha value is -1.97. The van der Waals surface area contributed by atoms with E-state index in [9.17, 15) is 9.59 Å². The van der Waals surface area contributed by atoms with Crippen LogP contribution in [-0.2, 0) is 14.3 Å². The number of methoxy groups -OCH3 is 2. The van der Waals surface area contributed by atoms with Gasteiger partial charge >= 0.3 is 0 Å². The summed E-state index contributed by atoms with van der Waals surface area (Å²) in [7, 11) is 3.18. The molecule has 0 aliphatic carbocycles. The van der Waals surface area contributed by atoms with Crippen LogP contribution in [0, 0.1) is 5.92 Å². The third kappa shape index (κ3) is 5.88. The minimum Gasteiger partial charge on any atom is -0.493 e. The van der Waals surface area contributed by atoms with E-state index in [1.54, 1.807) is 30.9 Å². The molecule has 1 N–H and O–H groups in total. The van der Waals surface area contributed by atoms with E-state index < -0.39 is 6.04 Å². The molecule has 0 aromatic heterocycles. The highest BCUT2D eigenvalue weighted by atomic mass is 32.2. The molecule has 2 aliphatic rings. The van der Waals surface area contributed by atoms with E-state index in [2.05, 4.69) is 10.2 Å². The van der Waals surface area contributed by atoms with Gasteiger partial charge in [0.1, 0.15) is 11.4 Å². The first kappa shape index (κ1) is 24.7. The van der Waals surface area contributed by atoms with Gasteiger partial charge in [0.2, 0.25) is 11.8 Å². The zero-order chi connectivity index (χ0) is 23.1. The molecule has 0 radical (unpaired) electrons. The van der Waals surface area contributed by atoms with Crippen LogP contribution in [0.3, 0.4) is 0 Å². The number of nitrogens with zero attached hydrogens (tertiary/aromatic N) is 2. The molecule has 2 unspecified atom stereocenters. The summed E-state index contributed by atoms with van der Waals surface area (Å²) in [6.45, 7) is 8.70. The summed E-state index contributed by atoms with van der Waals surface area (Å²) >= 11 is 1.61. The second kappa shape index (κ2) is 11.8. The lowest BCUT2D eigenvalue weighted by molar-refractivity contribution is -0.142. The second-order valence-electron chi connectivity index (χ2n) is 8.31. The maximum Gasteiger partial charge on any atom is 0.243 e. The summed E-state index contributed by atoms with van der Waals surface area (Å²) in [4.78, 5) is 30.2. The Balaban J connectivity index is 1.66. The Kier molecular flexibility index (Phi) is 9.07. The Morgan fingerprint density at radius 3 is 2.56 bits per heavy atom. The lowest BCUT2D eigenvalue weighted by atomic mass is 10.1. The molecule has 8 nitrogen and oxygen atoms in total. The predicted molar refractivity (Wildman–Crippen MR) is 125 cm³/mol. The van der Waals surface area contributed by atoms with Gasteiger partial charge in [-0.05, 0) is 30.7 Å². The number of ether oxygens (including phenoxy) is 3. The first-order chi connectivity index (χ1) is 15.5. The Morgan fingerprint density at radius 2 is 1.91 bits per heavy atom. The van der Waals surface area contributed by atoms with Gasteiger partial charge in [0, 0.05) is 31.3 Å². The molecule has 9 heteroatoms. The van der Waals surface area contributed by atoms with Crippen molar-refractivity contribution in [2.24, 2.45) is 5.92 Å². The number of hydrogen-bond donors (Lipinski definition) is 1. The molecule has 0 saturated carbocycles. The van der Waals surface area contributed by atoms with E-state index in [1.165, 1.54) is 0 Å². The molecule has 2 atom stereocenters. The fourth-order valence-electron chi connectivity index (χ4n) is 4.00. The van der Waals surface area contributed by atoms with Crippen LogP contribution in [0.4, 0.5) is 0 Å². The normalized spacial score (nSPS) is 21.6. The average molecular weight is 466 g/mol. The molecule has 1 aromatic rings. The van der Waals surface area contributed by atoms with E-state index >= 15 is 0 Å². The van der Waals surface area contributed by atoms with Crippen molar-refractivity contribution in [1.29, 1.82) is 0 Å². The van der Waals surface area contributed by atoms with Crippen molar-refractivity contribution in [3.05, 3.63) is 23.8 Å². The average Bonchev–Trinajstić information content (AvgIpc) is 3.26. The van der Waals surface area contributed by atoms with Gasteiger partial charge in [-0.3, -0.25) is 14.5 Å². The molecule has 3 rings (SSSR count). The van der Waals surface area contributed by atoms with Crippen LogP contribution < -0.4 is 14.8 Å². The molecule has 2 aliphatic heterocycles. The van der Waals surface area contributed by atoms with Gasteiger partial charge in [0.05, 0.1) is 27.4 Å². The third-order valence-electron chi connectivity index (χ3n) is 5.80. The zero-order valence-corrected chi connectivity index (χ0v) is 20.3. The Morgan fingerprint density at radius 1 is 1.19 bits per heavy atom. The molecule has 32 heavy (non-hydrogen) atoms. The molecule has 2 amide bonds. The fraction of sp³-hybridized carbons (Fsp3) is 0.652. The number of thioether (sulfide) groups is 1. The third-order valence-corrected chi connectivity index (χ3v) is 7.12. The van der Waals surface area contributed by atoms with Crippen LogP contribution in [0.5, 0.6) is 11.5 Å². The summed E-state index contributed by atoms with van der Waals surface area (Å²) in [5, 5.41) is 2.81. The molecule has 2 fully saturated rings. The van der Waals surface area contributed by atoms with E-state index in [1.807, 2.05) is 32.0 Å². The monoisotopic (exact) mass is 465 g/mol. The molecule has 2 saturated heterocycles. The number of benzene rings is 1. The summed E-state index contributed by atoms with van der Waals surface area (Å²) in [6.07, 6.45) is 0.878. The number of hydrogen-bond acceptors (Lipinski definition) is 7. The van der Waals surface area contributed by atoms with E-state index in [0.29, 0.717) is 23.8 Å². The predicted octanol–water partition coefficient (Wildman–Crippen LogP) is 2.14. The van der Waals surface area contributed by atoms with Crippen molar-refractivity contribution >= 4 is 23.6 Å². The van der Waals surface area contributed by atoms with Gasteiger partial charge < -0.3 is 24.4 Å². The van der Waals surface area contributed by atoms with Gasteiger partial charge in [-0.1, -0.05) is 19.9 Å². The van der Waals surface area contributed by atoms with Crippen LogP contribution in [0.15, 0.2) is 18.2 Å². The fourth-order valence-corrected chi connectivity index (χ4v) is 5.42. The van der Waals surface area contributed by atoms with Gasteiger partial charge in [0.15, 0.2) is 11.5 Å². The van der Waals surface area contributed by atoms with Gasteiger partial charge in [-0.25, -0.2) is 0 Å². The van der Waals surface area contributed by atoms with E-state index in [0.717, 1.165) is 44.8 Å². The van der Waals surface area contributed by atoms with Crippen molar-refractivity contribution < 1.29 is 23.8 Å². The van der Waals surface area contributed by atoms with Crippen LogP contribution in [0.25, 0.3) is 0 Å². The lowest BCUT2D eigenvalue weighted by Gasteiger charge is -2.31. The first-order valence-corrected chi connectivity index (χ1v) is 12.2. The highest BCUT2D eigenvalue weighted by Crippen LogP contribution is 2.44. The highest BCUT2D eigenvalue weighted by molar-refractivity contribution is 7.99. The summed E-state index contributed by atoms with van der Waals surface area (Å²) in [5.41, 5.74) is 0.921. The molecule has 0 bridgehead atoms. The maximum absolute atomic E-state index is 13.1. The van der Waals surface area contributed by atoms with Crippen molar-refractivity contribution in [1.82, 2.24) is 15.1 Å². The van der Waals surface area contributed by atoms with Crippen LogP contribution in [0.1, 0.15) is 31.2 Å². The summed E-state index contributed by atoms with van der Waals surface area (Å²) in [6, 6.07) is 5.17. The number of carbonyl (C=O) groups excluding carboxylic acids is 2. The summed E-state index contributed by atoms with van der Waals surface area (Å²) in [5.74, 6) is 1.49. The van der Waals surface area contributed by atoms with Crippen LogP contribution in [-0.4, -0.2) is 87.0 Å². The topological polar surface area (TPSA) is 80.3 Å². The largest absolute Gasteiger partial charge is 0.493 e. The molecule has 0 spiro atoms. The van der Waals surface area contributed by atoms with E-state index in [4.69, 9.17) is 14.2 Å². The minimum absolute atomic E-state index is 0.0248. The second-order valence-corrected chi connectivity index (χ2v) is 9.43. The van der Waals surface area contributed by atoms with Crippen molar-refractivity contribution in [3.8, 4) is 11.5 Å². The molecular weight excluding hydrogens is 430 g/mol. The molecular formula is C23H35N3O5S. The molecule has 2 heterocycles. The number of nitrogens with one attached hydrogen (secondary N) is 1. The minimum atomic E-state index is -0.489. The molecule has 1 aromatic carbocycles. The van der Waals surface area contributed by atoms with Gasteiger partial charge in [-0.2, -0.15) is 0 Å².